The molecule has 0 fully saturated rings. The molecule has 1 nitrogen and oxygen atoms in total. The lowest BCUT2D eigenvalue weighted by molar-refractivity contribution is -0.116. The third-order valence-electron chi connectivity index (χ3n) is 0.757. The van der Waals surface area contributed by atoms with E-state index in [9.17, 15) is 4.79 Å². The summed E-state index contributed by atoms with van der Waals surface area (Å²) in [6.07, 6.45) is 1.75. The van der Waals surface area contributed by atoms with E-state index in [1.807, 2.05) is 6.92 Å². The molecule has 0 aromatic rings. The van der Waals surface area contributed by atoms with Gasteiger partial charge in [0.15, 0.2) is 0 Å². The quantitative estimate of drug-likeness (QED) is 0.478. The second-order valence-electron chi connectivity index (χ2n) is 1.49. The fourth-order valence-corrected chi connectivity index (χ4v) is 0.381. The van der Waals surface area contributed by atoms with Gasteiger partial charge < -0.3 is 4.79 Å². The Morgan fingerprint density at radius 2 is 2.29 bits per heavy atom. The Morgan fingerprint density at radius 3 is 2.43 bits per heavy atom. The second kappa shape index (κ2) is 3.91. The van der Waals surface area contributed by atoms with Crippen LogP contribution in [0.5, 0.6) is 0 Å². The average Bonchev–Trinajstić information content (AvgIpc) is 1.68. The summed E-state index contributed by atoms with van der Waals surface area (Å²) >= 11 is 0. The van der Waals surface area contributed by atoms with Crippen molar-refractivity contribution in [3.63, 3.8) is 0 Å². The Balaban J connectivity index is 3.00. The molecule has 0 atom stereocenters. The molecule has 0 aliphatic rings. The first kappa shape index (κ1) is 6.73. The van der Waals surface area contributed by atoms with Crippen LogP contribution in [-0.2, 0) is 4.79 Å². The van der Waals surface area contributed by atoms with Gasteiger partial charge in [0.05, 0.1) is 7.85 Å². The van der Waals surface area contributed by atoms with E-state index >= 15 is 0 Å². The second-order valence-corrected chi connectivity index (χ2v) is 1.49. The third-order valence-corrected chi connectivity index (χ3v) is 0.757. The third kappa shape index (κ3) is 3.57. The van der Waals surface area contributed by atoms with Crippen molar-refractivity contribution in [2.45, 2.75) is 26.1 Å². The van der Waals surface area contributed by atoms with E-state index in [1.165, 1.54) is 0 Å². The van der Waals surface area contributed by atoms with E-state index in [4.69, 9.17) is 7.85 Å². The van der Waals surface area contributed by atoms with Gasteiger partial charge in [-0.05, 0) is 12.7 Å². The lowest BCUT2D eigenvalue weighted by Gasteiger charge is -1.87. The molecule has 0 saturated heterocycles. The van der Waals surface area contributed by atoms with E-state index in [0.29, 0.717) is 6.42 Å². The topological polar surface area (TPSA) is 17.1 Å². The summed E-state index contributed by atoms with van der Waals surface area (Å²) in [5.74, 6) is 0.155. The van der Waals surface area contributed by atoms with Gasteiger partial charge in [0, 0.05) is 6.42 Å². The van der Waals surface area contributed by atoms with Crippen LogP contribution in [0.1, 0.15) is 19.8 Å². The van der Waals surface area contributed by atoms with Gasteiger partial charge in [-0.3, -0.25) is 0 Å². The molecule has 2 heteroatoms. The largest absolute Gasteiger partial charge is 0.301 e. The van der Waals surface area contributed by atoms with Crippen molar-refractivity contribution in [2.75, 3.05) is 0 Å². The maximum atomic E-state index is 10.3. The highest BCUT2D eigenvalue weighted by atomic mass is 16.1. The van der Waals surface area contributed by atoms with Gasteiger partial charge in [0.25, 0.3) is 0 Å². The molecule has 2 radical (unpaired) electrons. The highest BCUT2D eigenvalue weighted by Crippen LogP contribution is 1.89. The molecular weight excluding hydrogens is 86.9 g/mol. The molecule has 0 aliphatic heterocycles. The molecule has 0 spiro atoms. The molecule has 0 rings (SSSR count). The lowest BCUT2D eigenvalue weighted by Crippen LogP contribution is -1.92. The van der Waals surface area contributed by atoms with Crippen molar-refractivity contribution in [1.82, 2.24) is 0 Å². The monoisotopic (exact) mass is 96.1 g/mol. The van der Waals surface area contributed by atoms with Crippen molar-refractivity contribution in [1.29, 1.82) is 0 Å². The van der Waals surface area contributed by atoms with E-state index < -0.39 is 0 Å². The first-order valence-corrected chi connectivity index (χ1v) is 2.53. The van der Waals surface area contributed by atoms with Crippen molar-refractivity contribution in [2.24, 2.45) is 0 Å². The van der Waals surface area contributed by atoms with Crippen LogP contribution >= 0.6 is 0 Å². The van der Waals surface area contributed by atoms with Gasteiger partial charge in [-0.25, -0.2) is 0 Å². The SMILES string of the molecule is [B]CC(=O)CCC. The smallest absolute Gasteiger partial charge is 0.124 e. The molecule has 7 heavy (non-hydrogen) atoms. The number of rotatable bonds is 3. The summed E-state index contributed by atoms with van der Waals surface area (Å²) in [6.45, 7) is 1.97. The fraction of sp³-hybridized carbons (Fsp3) is 0.800. The van der Waals surface area contributed by atoms with Crippen LogP contribution in [0.4, 0.5) is 0 Å². The molecule has 0 saturated carbocycles. The molecule has 0 aromatic heterocycles. The highest BCUT2D eigenvalue weighted by molar-refractivity contribution is 6.20. The molecule has 0 bridgehead atoms. The van der Waals surface area contributed by atoms with Crippen molar-refractivity contribution in [3.8, 4) is 0 Å². The van der Waals surface area contributed by atoms with Crippen molar-refractivity contribution < 1.29 is 4.79 Å². The van der Waals surface area contributed by atoms with Gasteiger partial charge in [-0.15, -0.1) is 0 Å². The standard InChI is InChI=1S/C5H9BO/c1-2-3-5(7)4-6/h2-4H2,1H3. The fourth-order valence-electron chi connectivity index (χ4n) is 0.381. The van der Waals surface area contributed by atoms with Gasteiger partial charge in [0.2, 0.25) is 0 Å². The zero-order valence-electron chi connectivity index (χ0n) is 4.61. The zero-order chi connectivity index (χ0) is 5.70. The van der Waals surface area contributed by atoms with E-state index in [-0.39, 0.29) is 12.1 Å². The van der Waals surface area contributed by atoms with Gasteiger partial charge in [0.1, 0.15) is 5.78 Å². The van der Waals surface area contributed by atoms with Crippen LogP contribution in [0.3, 0.4) is 0 Å². The van der Waals surface area contributed by atoms with Gasteiger partial charge >= 0.3 is 0 Å². The maximum absolute atomic E-state index is 10.3. The van der Waals surface area contributed by atoms with Crippen molar-refractivity contribution >= 4 is 13.6 Å². The number of Topliss-reactive ketones (excluding diaryl/α,β-unsaturated/α-hetero) is 1. The lowest BCUT2D eigenvalue weighted by atomic mass is 9.98. The summed E-state index contributed by atoms with van der Waals surface area (Å²) < 4.78 is 0. The Morgan fingerprint density at radius 1 is 1.71 bits per heavy atom. The minimum Gasteiger partial charge on any atom is -0.301 e. The highest BCUT2D eigenvalue weighted by Gasteiger charge is 1.91. The Bertz CT molecular complexity index is 61.1. The molecular formula is C5H9BO. The van der Waals surface area contributed by atoms with Crippen LogP contribution in [-0.4, -0.2) is 13.6 Å². The normalized spacial score (nSPS) is 8.71. The number of hydrogen-bond donors (Lipinski definition) is 0. The molecule has 0 aliphatic carbocycles. The van der Waals surface area contributed by atoms with E-state index in [1.54, 1.807) is 0 Å². The first-order valence-electron chi connectivity index (χ1n) is 2.53. The maximum Gasteiger partial charge on any atom is 0.124 e. The first-order chi connectivity index (χ1) is 3.31. The van der Waals surface area contributed by atoms with Crippen LogP contribution < -0.4 is 0 Å². The minimum atomic E-state index is 0.155. The van der Waals surface area contributed by atoms with Crippen LogP contribution in [0, 0.1) is 0 Å². The number of carbonyl (C=O) groups is 1. The minimum absolute atomic E-state index is 0.155. The Hall–Kier alpha value is -0.265. The molecule has 0 amide bonds. The summed E-state index contributed by atoms with van der Waals surface area (Å²) in [4.78, 5) is 10.3. The Kier molecular flexibility index (Phi) is 3.76. The van der Waals surface area contributed by atoms with Crippen molar-refractivity contribution in [3.05, 3.63) is 0 Å². The molecule has 0 heterocycles. The van der Waals surface area contributed by atoms with Crippen LogP contribution in [0.2, 0.25) is 6.32 Å². The summed E-state index contributed by atoms with van der Waals surface area (Å²) in [5.41, 5.74) is 0. The summed E-state index contributed by atoms with van der Waals surface area (Å²) in [5, 5.41) is 0. The number of carbonyl (C=O) groups excluding carboxylic acids is 1. The number of hydrogen-bond acceptors (Lipinski definition) is 1. The number of ketones is 1. The van der Waals surface area contributed by atoms with Gasteiger partial charge in [-0.2, -0.15) is 0 Å². The van der Waals surface area contributed by atoms with E-state index in [0.717, 1.165) is 6.42 Å². The molecule has 38 valence electrons. The predicted molar refractivity (Wildman–Crippen MR) is 30.5 cm³/mol. The molecule has 0 N–H and O–H groups in total. The van der Waals surface area contributed by atoms with Gasteiger partial charge in [-0.1, -0.05) is 6.92 Å². The Labute approximate surface area is 45.5 Å². The average molecular weight is 95.9 g/mol. The van der Waals surface area contributed by atoms with E-state index in [2.05, 4.69) is 0 Å². The predicted octanol–water partition coefficient (Wildman–Crippen LogP) is 0.942. The molecule has 0 aromatic carbocycles. The molecule has 0 unspecified atom stereocenters. The summed E-state index contributed by atoms with van der Waals surface area (Å²) in [7, 11) is 5.01. The zero-order valence-corrected chi connectivity index (χ0v) is 4.61. The van der Waals surface area contributed by atoms with Crippen LogP contribution in [0.15, 0.2) is 0 Å². The van der Waals surface area contributed by atoms with Crippen LogP contribution in [0.25, 0.3) is 0 Å². The summed E-state index contributed by atoms with van der Waals surface area (Å²) in [6, 6.07) is 0.